The van der Waals surface area contributed by atoms with Crippen LogP contribution in [0.3, 0.4) is 0 Å². The number of carbonyl (C=O) groups excluding carboxylic acids is 2. The van der Waals surface area contributed by atoms with E-state index in [4.69, 9.17) is 21.1 Å². The lowest BCUT2D eigenvalue weighted by molar-refractivity contribution is -0.134. The molecule has 0 spiro atoms. The molecule has 4 rings (SSSR count). The van der Waals surface area contributed by atoms with Crippen molar-refractivity contribution in [2.24, 2.45) is 0 Å². The summed E-state index contributed by atoms with van der Waals surface area (Å²) < 4.78 is 17.2. The second kappa shape index (κ2) is 10.3. The molecule has 0 unspecified atom stereocenters. The molecule has 0 aliphatic carbocycles. The van der Waals surface area contributed by atoms with E-state index in [1.165, 1.54) is 24.5 Å². The molecule has 178 valence electrons. The minimum atomic E-state index is -0.429. The van der Waals surface area contributed by atoms with Crippen molar-refractivity contribution in [3.05, 3.63) is 92.8 Å². The fourth-order valence-corrected chi connectivity index (χ4v) is 5.24. The highest BCUT2D eigenvalue weighted by molar-refractivity contribution is 7.21. The SMILES string of the molecule is COC(=O)/C=C/c1ccc(Oc2c(C(=O)c3c(C)cc(Cl)cc3C)sc3cc(OC)ccc23)cc1. The van der Waals surface area contributed by atoms with E-state index in [2.05, 4.69) is 4.74 Å². The number of hydrogen-bond acceptors (Lipinski definition) is 6. The molecule has 0 bridgehead atoms. The fourth-order valence-electron chi connectivity index (χ4n) is 3.81. The van der Waals surface area contributed by atoms with Gasteiger partial charge >= 0.3 is 5.97 Å². The molecule has 0 aliphatic rings. The van der Waals surface area contributed by atoms with Crippen LogP contribution >= 0.6 is 22.9 Å². The number of aryl methyl sites for hydroxylation is 2. The summed E-state index contributed by atoms with van der Waals surface area (Å²) >= 11 is 7.56. The number of benzene rings is 3. The Bertz CT molecular complexity index is 1430. The molecular weight excluding hydrogens is 484 g/mol. The van der Waals surface area contributed by atoms with Crippen molar-refractivity contribution in [3.63, 3.8) is 0 Å². The first kappa shape index (κ1) is 24.5. The predicted octanol–water partition coefficient (Wildman–Crippen LogP) is 7.39. The number of halogens is 1. The first-order valence-corrected chi connectivity index (χ1v) is 12.0. The van der Waals surface area contributed by atoms with Crippen LogP contribution in [0.4, 0.5) is 0 Å². The highest BCUT2D eigenvalue weighted by atomic mass is 35.5. The van der Waals surface area contributed by atoms with Gasteiger partial charge in [-0.25, -0.2) is 4.79 Å². The van der Waals surface area contributed by atoms with Gasteiger partial charge in [-0.2, -0.15) is 0 Å². The van der Waals surface area contributed by atoms with Crippen molar-refractivity contribution in [1.82, 2.24) is 0 Å². The topological polar surface area (TPSA) is 61.8 Å². The maximum Gasteiger partial charge on any atom is 0.330 e. The van der Waals surface area contributed by atoms with Gasteiger partial charge in [0.1, 0.15) is 16.4 Å². The van der Waals surface area contributed by atoms with E-state index >= 15 is 0 Å². The monoisotopic (exact) mass is 506 g/mol. The third-order valence-electron chi connectivity index (χ3n) is 5.50. The van der Waals surface area contributed by atoms with Crippen LogP contribution in [0.5, 0.6) is 17.2 Å². The number of hydrogen-bond donors (Lipinski definition) is 0. The number of ether oxygens (including phenoxy) is 3. The Kier molecular flexibility index (Phi) is 7.24. The predicted molar refractivity (Wildman–Crippen MR) is 140 cm³/mol. The van der Waals surface area contributed by atoms with Crippen molar-refractivity contribution in [1.29, 1.82) is 0 Å². The molecule has 0 saturated heterocycles. The van der Waals surface area contributed by atoms with Crippen molar-refractivity contribution in [2.45, 2.75) is 13.8 Å². The number of rotatable bonds is 7. The number of fused-ring (bicyclic) bond motifs is 1. The molecule has 1 heterocycles. The van der Waals surface area contributed by atoms with Crippen molar-refractivity contribution in [2.75, 3.05) is 14.2 Å². The average molecular weight is 507 g/mol. The van der Waals surface area contributed by atoms with Gasteiger partial charge in [-0.3, -0.25) is 4.79 Å². The molecule has 0 N–H and O–H groups in total. The quantitative estimate of drug-likeness (QED) is 0.148. The third-order valence-corrected chi connectivity index (χ3v) is 6.85. The molecule has 0 aliphatic heterocycles. The summed E-state index contributed by atoms with van der Waals surface area (Å²) in [5.74, 6) is 1.20. The molecule has 4 aromatic rings. The van der Waals surface area contributed by atoms with Crippen molar-refractivity contribution < 1.29 is 23.8 Å². The summed E-state index contributed by atoms with van der Waals surface area (Å²) in [5.41, 5.74) is 3.04. The maximum absolute atomic E-state index is 13.8. The Morgan fingerprint density at radius 3 is 2.20 bits per heavy atom. The number of ketones is 1. The second-order valence-electron chi connectivity index (χ2n) is 7.89. The molecule has 3 aromatic carbocycles. The fraction of sp³-hybridized carbons (Fsp3) is 0.143. The highest BCUT2D eigenvalue weighted by Crippen LogP contribution is 2.43. The zero-order valence-electron chi connectivity index (χ0n) is 19.7. The Balaban J connectivity index is 1.77. The highest BCUT2D eigenvalue weighted by Gasteiger charge is 2.25. The van der Waals surface area contributed by atoms with E-state index in [1.54, 1.807) is 37.5 Å². The van der Waals surface area contributed by atoms with Gasteiger partial charge in [-0.05, 0) is 79.1 Å². The van der Waals surface area contributed by atoms with Crippen LogP contribution in [-0.2, 0) is 9.53 Å². The zero-order chi connectivity index (χ0) is 25.1. The second-order valence-corrected chi connectivity index (χ2v) is 9.38. The van der Waals surface area contributed by atoms with Gasteiger partial charge < -0.3 is 14.2 Å². The lowest BCUT2D eigenvalue weighted by Gasteiger charge is -2.11. The van der Waals surface area contributed by atoms with Crippen LogP contribution in [0.1, 0.15) is 31.9 Å². The summed E-state index contributed by atoms with van der Waals surface area (Å²) in [6, 6.07) is 16.4. The number of methoxy groups -OCH3 is 2. The summed E-state index contributed by atoms with van der Waals surface area (Å²) in [7, 11) is 2.94. The van der Waals surface area contributed by atoms with Crippen LogP contribution in [-0.4, -0.2) is 26.0 Å². The van der Waals surface area contributed by atoms with E-state index in [-0.39, 0.29) is 5.78 Å². The Hall–Kier alpha value is -3.61. The third kappa shape index (κ3) is 5.24. The van der Waals surface area contributed by atoms with Gasteiger partial charge in [0.15, 0.2) is 5.75 Å². The van der Waals surface area contributed by atoms with Gasteiger partial charge in [-0.1, -0.05) is 23.7 Å². The summed E-state index contributed by atoms with van der Waals surface area (Å²) in [5, 5.41) is 1.41. The van der Waals surface area contributed by atoms with Crippen molar-refractivity contribution >= 4 is 50.9 Å². The van der Waals surface area contributed by atoms with Gasteiger partial charge in [0.05, 0.1) is 14.2 Å². The minimum Gasteiger partial charge on any atom is -0.497 e. The Morgan fingerprint density at radius 2 is 1.57 bits per heavy atom. The van der Waals surface area contributed by atoms with Gasteiger partial charge in [0.25, 0.3) is 0 Å². The van der Waals surface area contributed by atoms with Crippen LogP contribution < -0.4 is 9.47 Å². The van der Waals surface area contributed by atoms with E-state index in [0.29, 0.717) is 32.7 Å². The molecular formula is C28H23ClO5S. The Morgan fingerprint density at radius 1 is 0.914 bits per heavy atom. The van der Waals surface area contributed by atoms with Gasteiger partial charge in [0.2, 0.25) is 5.78 Å². The standard InChI is InChI=1S/C28H23ClO5S/c1-16-13-19(29)14-17(2)25(16)26(31)28-27(22-11-10-21(32-3)15-23(22)35-28)34-20-8-5-18(6-9-20)7-12-24(30)33-4/h5-15H,1-4H3/b12-7+. The molecule has 0 fully saturated rings. The lowest BCUT2D eigenvalue weighted by Crippen LogP contribution is -2.06. The largest absolute Gasteiger partial charge is 0.497 e. The lowest BCUT2D eigenvalue weighted by atomic mass is 9.98. The molecule has 1 aromatic heterocycles. The van der Waals surface area contributed by atoms with E-state index in [1.807, 2.05) is 44.2 Å². The minimum absolute atomic E-state index is 0.121. The molecule has 0 radical (unpaired) electrons. The Labute approximate surface area is 212 Å². The number of carbonyl (C=O) groups is 2. The van der Waals surface area contributed by atoms with E-state index in [9.17, 15) is 9.59 Å². The first-order valence-electron chi connectivity index (χ1n) is 10.8. The van der Waals surface area contributed by atoms with Gasteiger partial charge in [-0.15, -0.1) is 11.3 Å². The molecule has 0 saturated carbocycles. The smallest absolute Gasteiger partial charge is 0.330 e. The zero-order valence-corrected chi connectivity index (χ0v) is 21.3. The summed E-state index contributed by atoms with van der Waals surface area (Å²) in [6.45, 7) is 3.76. The van der Waals surface area contributed by atoms with E-state index < -0.39 is 5.97 Å². The normalized spacial score (nSPS) is 11.1. The van der Waals surface area contributed by atoms with Gasteiger partial charge in [0, 0.05) is 26.7 Å². The van der Waals surface area contributed by atoms with Crippen LogP contribution in [0.15, 0.2) is 60.7 Å². The van der Waals surface area contributed by atoms with E-state index in [0.717, 1.165) is 26.8 Å². The van der Waals surface area contributed by atoms with Crippen LogP contribution in [0.25, 0.3) is 16.2 Å². The molecule has 0 amide bonds. The molecule has 5 nitrogen and oxygen atoms in total. The summed E-state index contributed by atoms with van der Waals surface area (Å²) in [6.07, 6.45) is 3.01. The summed E-state index contributed by atoms with van der Waals surface area (Å²) in [4.78, 5) is 25.6. The molecule has 35 heavy (non-hydrogen) atoms. The molecule has 7 heteroatoms. The maximum atomic E-state index is 13.8. The number of thiophene rings is 1. The van der Waals surface area contributed by atoms with Crippen LogP contribution in [0.2, 0.25) is 5.02 Å². The van der Waals surface area contributed by atoms with Crippen LogP contribution in [0, 0.1) is 13.8 Å². The first-order chi connectivity index (χ1) is 16.8. The molecule has 0 atom stereocenters. The number of esters is 1. The van der Waals surface area contributed by atoms with Crippen molar-refractivity contribution in [3.8, 4) is 17.2 Å². The average Bonchev–Trinajstić information content (AvgIpc) is 3.20.